The number of nitrogens with zero attached hydrogens (tertiary/aromatic N) is 2. The predicted octanol–water partition coefficient (Wildman–Crippen LogP) is 5.42. The highest BCUT2D eigenvalue weighted by molar-refractivity contribution is 7.16. The molecule has 2 bridgehead atoms. The monoisotopic (exact) mass is 772 g/mol. The molecule has 0 saturated carbocycles. The van der Waals surface area contributed by atoms with Gasteiger partial charge in [-0.3, -0.25) is 19.1 Å². The Morgan fingerprint density at radius 3 is 2.42 bits per heavy atom. The Bertz CT molecular complexity index is 2300. The molecule has 2 saturated heterocycles. The normalized spacial score (nSPS) is 19.6. The number of pyridine rings is 1. The van der Waals surface area contributed by atoms with Crippen LogP contribution >= 0.6 is 34.0 Å². The molecule has 276 valence electrons. The predicted molar refractivity (Wildman–Crippen MR) is 208 cm³/mol. The fraction of sp³-hybridized carbons (Fsp3) is 0.359. The number of thiophene rings is 2. The Morgan fingerprint density at radius 1 is 0.981 bits per heavy atom. The zero-order valence-electron chi connectivity index (χ0n) is 28.8. The average Bonchev–Trinajstić information content (AvgIpc) is 3.97. The lowest BCUT2D eigenvalue weighted by atomic mass is 9.97. The van der Waals surface area contributed by atoms with Gasteiger partial charge in [0, 0.05) is 62.6 Å². The molecule has 3 atom stereocenters. The summed E-state index contributed by atoms with van der Waals surface area (Å²) < 4.78 is 8.84. The Balaban J connectivity index is 0.850. The molecule has 53 heavy (non-hydrogen) atoms. The largest absolute Gasteiger partial charge is 0.506 e. The number of fused-ring (bicyclic) bond motifs is 4. The van der Waals surface area contributed by atoms with Crippen LogP contribution < -0.4 is 15.7 Å². The Hall–Kier alpha value is -4.15. The van der Waals surface area contributed by atoms with Gasteiger partial charge in [0.25, 0.3) is 0 Å². The lowest BCUT2D eigenvalue weighted by Gasteiger charge is -2.39. The van der Waals surface area contributed by atoms with Crippen molar-refractivity contribution in [2.75, 3.05) is 13.1 Å². The van der Waals surface area contributed by atoms with Crippen LogP contribution in [0.4, 0.5) is 0 Å². The number of benzene rings is 2. The highest BCUT2D eigenvalue weighted by Gasteiger charge is 2.47. The summed E-state index contributed by atoms with van der Waals surface area (Å²) in [7, 11) is 0. The standard InChI is InChI=1S/C39H40N4O7S3/c44-30-12-9-27(28-10-13-35(46)41-36(28)30)31(45)22-40-21-23-6-11-29-32(18-23)53-38(48)43(29)15-3-14-42-24-7-8-25(42)20-26(19-24)50-37(47)39(49,33-4-1-16-51-33)34-5-2-17-52-34/h1-2,4-6,9-13,16-18,24-26,31,40,44-45,49H,3,7-8,14-15,19-22H2,(H,41,46)/t24?,25?,26?,31-/m0/s1. The second kappa shape index (κ2) is 14.9. The topological polar surface area (TPSA) is 157 Å². The van der Waals surface area contributed by atoms with Crippen LogP contribution in [0.25, 0.3) is 21.1 Å². The number of aromatic hydroxyl groups is 1. The van der Waals surface area contributed by atoms with Gasteiger partial charge in [-0.05, 0) is 77.5 Å². The molecule has 8 rings (SSSR count). The van der Waals surface area contributed by atoms with Gasteiger partial charge >= 0.3 is 10.8 Å². The number of phenols is 1. The average molecular weight is 773 g/mol. The fourth-order valence-corrected chi connectivity index (χ4v) is 10.8. The third-order valence-electron chi connectivity index (χ3n) is 10.6. The molecular weight excluding hydrogens is 733 g/mol. The van der Waals surface area contributed by atoms with E-state index >= 15 is 0 Å². The van der Waals surface area contributed by atoms with Crippen LogP contribution in [0.2, 0.25) is 0 Å². The number of aliphatic hydroxyl groups is 2. The summed E-state index contributed by atoms with van der Waals surface area (Å²) >= 11 is 3.93. The first-order valence-electron chi connectivity index (χ1n) is 17.8. The van der Waals surface area contributed by atoms with Gasteiger partial charge in [0.2, 0.25) is 11.2 Å². The van der Waals surface area contributed by atoms with Gasteiger partial charge in [-0.25, -0.2) is 4.79 Å². The Labute approximate surface area is 316 Å². The van der Waals surface area contributed by atoms with Crippen LogP contribution in [-0.2, 0) is 28.2 Å². The molecule has 0 spiro atoms. The van der Waals surface area contributed by atoms with Crippen molar-refractivity contribution in [3.05, 3.63) is 118 Å². The maximum absolute atomic E-state index is 13.6. The van der Waals surface area contributed by atoms with E-state index in [-0.39, 0.29) is 28.8 Å². The number of rotatable bonds is 13. The highest BCUT2D eigenvalue weighted by Crippen LogP contribution is 2.41. The first-order chi connectivity index (χ1) is 25.7. The molecule has 6 aromatic rings. The van der Waals surface area contributed by atoms with Gasteiger partial charge in [-0.1, -0.05) is 35.6 Å². The molecule has 4 aromatic heterocycles. The summed E-state index contributed by atoms with van der Waals surface area (Å²) in [5.41, 5.74) is 0.658. The quantitative estimate of drug-likeness (QED) is 0.0968. The van der Waals surface area contributed by atoms with Gasteiger partial charge < -0.3 is 30.4 Å². The minimum Gasteiger partial charge on any atom is -0.506 e. The van der Waals surface area contributed by atoms with Crippen LogP contribution in [0, 0.1) is 0 Å². The molecule has 6 heterocycles. The van der Waals surface area contributed by atoms with Crippen molar-refractivity contribution in [1.29, 1.82) is 0 Å². The van der Waals surface area contributed by atoms with Crippen molar-refractivity contribution >= 4 is 61.1 Å². The van der Waals surface area contributed by atoms with E-state index in [1.165, 1.54) is 46.1 Å². The van der Waals surface area contributed by atoms with E-state index in [2.05, 4.69) is 15.2 Å². The second-order valence-corrected chi connectivity index (χ2v) is 16.8. The minimum absolute atomic E-state index is 0.00958. The SMILES string of the molecule is O=C(OC1CC2CCC(C1)N2CCCn1c(=O)sc2cc(CNC[C@H](O)c3ccc(O)c4[nH]c(=O)ccc34)ccc21)C(O)(c1cccs1)c1cccs1. The number of thiazole rings is 1. The molecule has 0 radical (unpaired) electrons. The van der Waals surface area contributed by atoms with Crippen molar-refractivity contribution in [3.63, 3.8) is 0 Å². The van der Waals surface area contributed by atoms with Crippen molar-refractivity contribution in [2.45, 2.75) is 75.1 Å². The van der Waals surface area contributed by atoms with Crippen LogP contribution in [0.15, 0.2) is 87.1 Å². The number of H-pyrrole nitrogens is 1. The summed E-state index contributed by atoms with van der Waals surface area (Å²) in [6, 6.07) is 19.9. The number of aliphatic hydroxyl groups excluding tert-OH is 1. The number of piperidine rings is 1. The number of phenolic OH excluding ortho intramolecular Hbond substituents is 1. The van der Waals surface area contributed by atoms with E-state index in [4.69, 9.17) is 4.74 Å². The van der Waals surface area contributed by atoms with E-state index in [1.54, 1.807) is 24.3 Å². The maximum atomic E-state index is 13.6. The molecule has 2 aliphatic rings. The molecule has 2 unspecified atom stereocenters. The number of esters is 1. The zero-order chi connectivity index (χ0) is 36.7. The van der Waals surface area contributed by atoms with Gasteiger partial charge in [-0.15, -0.1) is 22.7 Å². The zero-order valence-corrected chi connectivity index (χ0v) is 31.2. The number of hydrogen-bond donors (Lipinski definition) is 5. The number of nitrogens with one attached hydrogen (secondary N) is 2. The number of carbonyl (C=O) groups excluding carboxylic acids is 1. The Morgan fingerprint density at radius 2 is 1.72 bits per heavy atom. The third-order valence-corrected chi connectivity index (χ3v) is 13.5. The first kappa shape index (κ1) is 35.9. The van der Waals surface area contributed by atoms with E-state index in [1.807, 2.05) is 45.7 Å². The van der Waals surface area contributed by atoms with E-state index in [0.717, 1.165) is 54.4 Å². The van der Waals surface area contributed by atoms with Crippen molar-refractivity contribution in [2.24, 2.45) is 0 Å². The lowest BCUT2D eigenvalue weighted by molar-refractivity contribution is -0.170. The summed E-state index contributed by atoms with van der Waals surface area (Å²) in [6.07, 6.45) is 3.25. The van der Waals surface area contributed by atoms with Gasteiger partial charge in [-0.2, -0.15) is 0 Å². The highest BCUT2D eigenvalue weighted by atomic mass is 32.1. The van der Waals surface area contributed by atoms with Gasteiger partial charge in [0.05, 0.1) is 31.6 Å². The van der Waals surface area contributed by atoms with Gasteiger partial charge in [0.1, 0.15) is 11.9 Å². The number of aromatic amines is 1. The summed E-state index contributed by atoms with van der Waals surface area (Å²) in [6.45, 7) is 2.20. The summed E-state index contributed by atoms with van der Waals surface area (Å²) in [5.74, 6) is -0.661. The van der Waals surface area contributed by atoms with Crippen LogP contribution in [0.5, 0.6) is 5.75 Å². The van der Waals surface area contributed by atoms with Crippen molar-refractivity contribution in [3.8, 4) is 5.75 Å². The van der Waals surface area contributed by atoms with E-state index in [9.17, 15) is 29.7 Å². The van der Waals surface area contributed by atoms with Gasteiger partial charge in [0.15, 0.2) is 0 Å². The molecule has 0 aliphatic carbocycles. The summed E-state index contributed by atoms with van der Waals surface area (Å²) in [4.78, 5) is 44.7. The van der Waals surface area contributed by atoms with Crippen molar-refractivity contribution < 1.29 is 24.9 Å². The maximum Gasteiger partial charge on any atom is 0.349 e. The minimum atomic E-state index is -1.80. The second-order valence-electron chi connectivity index (χ2n) is 13.9. The Kier molecular flexibility index (Phi) is 10.1. The van der Waals surface area contributed by atoms with E-state index < -0.39 is 17.7 Å². The van der Waals surface area contributed by atoms with Crippen LogP contribution in [0.1, 0.15) is 59.1 Å². The number of aryl methyl sites for hydroxylation is 1. The number of aromatic nitrogens is 2. The lowest BCUT2D eigenvalue weighted by Crippen LogP contribution is -2.48. The fourth-order valence-electron chi connectivity index (χ4n) is 8.07. The molecular formula is C39H40N4O7S3. The van der Waals surface area contributed by atoms with Crippen molar-refractivity contribution in [1.82, 2.24) is 19.8 Å². The van der Waals surface area contributed by atoms with Crippen LogP contribution in [0.3, 0.4) is 0 Å². The number of carbonyl (C=O) groups is 1. The molecule has 2 aliphatic heterocycles. The number of ether oxygens (including phenoxy) is 1. The first-order valence-corrected chi connectivity index (χ1v) is 20.4. The number of hydrogen-bond acceptors (Lipinski definition) is 12. The third kappa shape index (κ3) is 7.00. The molecule has 5 N–H and O–H groups in total. The molecule has 2 aromatic carbocycles. The smallest absolute Gasteiger partial charge is 0.349 e. The molecule has 14 heteroatoms. The van der Waals surface area contributed by atoms with E-state index in [0.29, 0.717) is 51.4 Å². The van der Waals surface area contributed by atoms with Crippen LogP contribution in [-0.4, -0.2) is 67.0 Å². The summed E-state index contributed by atoms with van der Waals surface area (Å²) in [5, 5.41) is 40.3. The molecule has 0 amide bonds. The molecule has 11 nitrogen and oxygen atoms in total. The molecule has 2 fully saturated rings.